The molecule has 0 spiro atoms. The third-order valence-electron chi connectivity index (χ3n) is 5.90. The number of carbonyl (C=O) groups is 1. The Bertz CT molecular complexity index is 1060. The van der Waals surface area contributed by atoms with Gasteiger partial charge in [0.1, 0.15) is 24.0 Å². The van der Waals surface area contributed by atoms with Crippen molar-refractivity contribution in [2.24, 2.45) is 0 Å². The molecule has 7 heteroatoms. The molecule has 4 rings (SSSR count). The molecular weight excluding hydrogens is 419 g/mol. The summed E-state index contributed by atoms with van der Waals surface area (Å²) in [7, 11) is 0. The van der Waals surface area contributed by atoms with Crippen LogP contribution in [0.4, 0.5) is 4.39 Å². The minimum Gasteiger partial charge on any atom is -0.492 e. The molecule has 1 aliphatic rings. The van der Waals surface area contributed by atoms with Gasteiger partial charge in [-0.3, -0.25) is 9.69 Å². The summed E-state index contributed by atoms with van der Waals surface area (Å²) in [6.45, 7) is 5.51. The molecule has 0 aliphatic carbocycles. The number of nitrogens with zero attached hydrogens (tertiary/aromatic N) is 3. The predicted octanol–water partition coefficient (Wildman–Crippen LogP) is 4.11. The van der Waals surface area contributed by atoms with Gasteiger partial charge in [0.25, 0.3) is 5.91 Å². The summed E-state index contributed by atoms with van der Waals surface area (Å²) in [5.41, 5.74) is 2.25. The lowest BCUT2D eigenvalue weighted by Gasteiger charge is -2.32. The summed E-state index contributed by atoms with van der Waals surface area (Å²) in [6, 6.07) is 15.9. The first kappa shape index (κ1) is 22.9. The molecule has 1 N–H and O–H groups in total. The van der Waals surface area contributed by atoms with Crippen molar-refractivity contribution in [2.45, 2.75) is 32.2 Å². The molecule has 1 atom stereocenters. The standard InChI is InChI=1S/C26H29FN4O2/c1-19-24(26(32)29-16-20-6-3-2-4-7-20)17-28-25(30-19)21-8-5-13-31(18-21)14-15-33-23-11-9-22(27)10-12-23/h2-4,6-7,9-12,17,21H,5,8,13-16,18H2,1H3,(H,29,32)/t21-/m1/s1. The molecule has 33 heavy (non-hydrogen) atoms. The first-order valence-corrected chi connectivity index (χ1v) is 11.3. The topological polar surface area (TPSA) is 67.3 Å². The van der Waals surface area contributed by atoms with Crippen molar-refractivity contribution in [1.82, 2.24) is 20.2 Å². The largest absolute Gasteiger partial charge is 0.492 e. The summed E-state index contributed by atoms with van der Waals surface area (Å²) in [6.07, 6.45) is 3.73. The average molecular weight is 449 g/mol. The number of likely N-dealkylation sites (tertiary alicyclic amines) is 1. The van der Waals surface area contributed by atoms with Crippen molar-refractivity contribution in [3.05, 3.63) is 89.3 Å². The zero-order chi connectivity index (χ0) is 23.0. The second-order valence-corrected chi connectivity index (χ2v) is 8.34. The highest BCUT2D eigenvalue weighted by Gasteiger charge is 2.24. The van der Waals surface area contributed by atoms with Gasteiger partial charge in [-0.1, -0.05) is 30.3 Å². The molecular formula is C26H29FN4O2. The van der Waals surface area contributed by atoms with E-state index in [1.807, 2.05) is 37.3 Å². The van der Waals surface area contributed by atoms with Gasteiger partial charge in [-0.25, -0.2) is 14.4 Å². The normalized spacial score (nSPS) is 16.4. The molecule has 1 fully saturated rings. The van der Waals surface area contributed by atoms with Crippen LogP contribution in [0.3, 0.4) is 0 Å². The summed E-state index contributed by atoms with van der Waals surface area (Å²) >= 11 is 0. The van der Waals surface area contributed by atoms with Crippen LogP contribution in [0.1, 0.15) is 46.2 Å². The molecule has 3 aromatic rings. The summed E-state index contributed by atoms with van der Waals surface area (Å²) in [5, 5.41) is 2.94. The van der Waals surface area contributed by atoms with E-state index in [4.69, 9.17) is 4.74 Å². The van der Waals surface area contributed by atoms with Gasteiger partial charge < -0.3 is 10.1 Å². The van der Waals surface area contributed by atoms with E-state index in [1.54, 1.807) is 18.3 Å². The first-order valence-electron chi connectivity index (χ1n) is 11.3. The van der Waals surface area contributed by atoms with Gasteiger partial charge in [0.15, 0.2) is 0 Å². The number of hydrogen-bond acceptors (Lipinski definition) is 5. The highest BCUT2D eigenvalue weighted by atomic mass is 19.1. The molecule has 172 valence electrons. The van der Waals surface area contributed by atoms with Crippen LogP contribution in [0, 0.1) is 12.7 Å². The lowest BCUT2D eigenvalue weighted by atomic mass is 9.97. The number of nitrogens with one attached hydrogen (secondary N) is 1. The minimum absolute atomic E-state index is 0.161. The quantitative estimate of drug-likeness (QED) is 0.562. The number of rotatable bonds is 8. The zero-order valence-corrected chi connectivity index (χ0v) is 18.8. The van der Waals surface area contributed by atoms with Crippen LogP contribution in [-0.4, -0.2) is 47.0 Å². The molecule has 6 nitrogen and oxygen atoms in total. The number of hydrogen-bond donors (Lipinski definition) is 1. The fraction of sp³-hybridized carbons (Fsp3) is 0.346. The first-order chi connectivity index (χ1) is 16.1. The number of ether oxygens (including phenoxy) is 1. The molecule has 2 heterocycles. The van der Waals surface area contributed by atoms with Gasteiger partial charge in [0, 0.05) is 31.7 Å². The Morgan fingerprint density at radius 2 is 1.97 bits per heavy atom. The van der Waals surface area contributed by atoms with Crippen LogP contribution in [0.25, 0.3) is 0 Å². The van der Waals surface area contributed by atoms with E-state index in [1.165, 1.54) is 12.1 Å². The van der Waals surface area contributed by atoms with Gasteiger partial charge in [0.2, 0.25) is 0 Å². The molecule has 0 radical (unpaired) electrons. The highest BCUT2D eigenvalue weighted by molar-refractivity contribution is 5.94. The fourth-order valence-electron chi connectivity index (χ4n) is 4.07. The Kier molecular flexibility index (Phi) is 7.62. The second-order valence-electron chi connectivity index (χ2n) is 8.34. The van der Waals surface area contributed by atoms with Crippen molar-refractivity contribution in [1.29, 1.82) is 0 Å². The van der Waals surface area contributed by atoms with E-state index in [-0.39, 0.29) is 17.6 Å². The third kappa shape index (κ3) is 6.35. The van der Waals surface area contributed by atoms with Crippen LogP contribution in [0.2, 0.25) is 0 Å². The van der Waals surface area contributed by atoms with Gasteiger partial charge in [-0.05, 0) is 56.1 Å². The maximum atomic E-state index is 13.0. The van der Waals surface area contributed by atoms with Gasteiger partial charge in [-0.15, -0.1) is 0 Å². The minimum atomic E-state index is -0.267. The molecule has 1 aromatic heterocycles. The van der Waals surface area contributed by atoms with Gasteiger partial charge in [0.05, 0.1) is 11.3 Å². The Balaban J connectivity index is 1.30. The van der Waals surface area contributed by atoms with E-state index >= 15 is 0 Å². The van der Waals surface area contributed by atoms with Crippen LogP contribution in [0.15, 0.2) is 60.8 Å². The molecule has 0 bridgehead atoms. The van der Waals surface area contributed by atoms with E-state index in [0.29, 0.717) is 30.2 Å². The number of aromatic nitrogens is 2. The molecule has 1 amide bonds. The fourth-order valence-corrected chi connectivity index (χ4v) is 4.07. The lowest BCUT2D eigenvalue weighted by Crippen LogP contribution is -2.37. The maximum Gasteiger partial charge on any atom is 0.254 e. The van der Waals surface area contributed by atoms with Crippen LogP contribution in [-0.2, 0) is 6.54 Å². The zero-order valence-electron chi connectivity index (χ0n) is 18.8. The smallest absolute Gasteiger partial charge is 0.254 e. The summed E-state index contributed by atoms with van der Waals surface area (Å²) in [5.74, 6) is 1.26. The average Bonchev–Trinajstić information content (AvgIpc) is 2.84. The lowest BCUT2D eigenvalue weighted by molar-refractivity contribution is 0.0949. The number of aryl methyl sites for hydroxylation is 1. The number of benzene rings is 2. The van der Waals surface area contributed by atoms with E-state index in [2.05, 4.69) is 20.2 Å². The van der Waals surface area contributed by atoms with Gasteiger partial charge >= 0.3 is 0 Å². The second kappa shape index (κ2) is 11.0. The number of piperidine rings is 1. The molecule has 2 aromatic carbocycles. The SMILES string of the molecule is Cc1nc([C@@H]2CCCN(CCOc3ccc(F)cc3)C2)ncc1C(=O)NCc1ccccc1. The van der Waals surface area contributed by atoms with Crippen LogP contribution >= 0.6 is 0 Å². The Labute approximate surface area is 193 Å². The van der Waals surface area contributed by atoms with Crippen molar-refractivity contribution >= 4 is 5.91 Å². The monoisotopic (exact) mass is 448 g/mol. The summed E-state index contributed by atoms with van der Waals surface area (Å²) < 4.78 is 18.7. The van der Waals surface area contributed by atoms with Crippen molar-refractivity contribution in [3.63, 3.8) is 0 Å². The van der Waals surface area contributed by atoms with Crippen molar-refractivity contribution in [3.8, 4) is 5.75 Å². The van der Waals surface area contributed by atoms with Crippen LogP contribution < -0.4 is 10.1 Å². The van der Waals surface area contributed by atoms with E-state index < -0.39 is 0 Å². The molecule has 1 aliphatic heterocycles. The third-order valence-corrected chi connectivity index (χ3v) is 5.90. The molecule has 1 saturated heterocycles. The van der Waals surface area contributed by atoms with Crippen molar-refractivity contribution < 1.29 is 13.9 Å². The maximum absolute atomic E-state index is 13.0. The highest BCUT2D eigenvalue weighted by Crippen LogP contribution is 2.25. The van der Waals surface area contributed by atoms with Crippen molar-refractivity contribution in [2.75, 3.05) is 26.2 Å². The number of halogens is 1. The predicted molar refractivity (Wildman–Crippen MR) is 125 cm³/mol. The molecule has 0 unspecified atom stereocenters. The summed E-state index contributed by atoms with van der Waals surface area (Å²) in [4.78, 5) is 24.2. The van der Waals surface area contributed by atoms with Crippen LogP contribution in [0.5, 0.6) is 5.75 Å². The van der Waals surface area contributed by atoms with Gasteiger partial charge in [-0.2, -0.15) is 0 Å². The van der Waals surface area contributed by atoms with E-state index in [0.717, 1.165) is 43.9 Å². The number of amides is 1. The number of carbonyl (C=O) groups excluding carboxylic acids is 1. The Morgan fingerprint density at radius 3 is 2.73 bits per heavy atom. The van der Waals surface area contributed by atoms with E-state index in [9.17, 15) is 9.18 Å². The molecule has 0 saturated carbocycles. The Morgan fingerprint density at radius 1 is 1.18 bits per heavy atom. The Hall–Kier alpha value is -3.32.